The number of rotatable bonds is 1. The van der Waals surface area contributed by atoms with Gasteiger partial charge in [-0.1, -0.05) is 0 Å². The van der Waals surface area contributed by atoms with Crippen LogP contribution < -0.4 is 0 Å². The first-order chi connectivity index (χ1) is 11.3. The fraction of sp³-hybridized carbons (Fsp3) is 0.533. The molecule has 1 amide bonds. The molecule has 1 atom stereocenters. The van der Waals surface area contributed by atoms with E-state index in [4.69, 9.17) is 4.74 Å². The summed E-state index contributed by atoms with van der Waals surface area (Å²) < 4.78 is 45.7. The fourth-order valence-corrected chi connectivity index (χ4v) is 2.79. The highest BCUT2D eigenvalue weighted by Gasteiger charge is 2.36. The van der Waals surface area contributed by atoms with E-state index in [1.807, 2.05) is 6.92 Å². The minimum absolute atomic E-state index is 0.0679. The molecule has 6 nitrogen and oxygen atoms in total. The Balaban J connectivity index is 2.04. The van der Waals surface area contributed by atoms with Crippen LogP contribution in [-0.4, -0.2) is 51.2 Å². The zero-order valence-corrected chi connectivity index (χ0v) is 13.3. The Labute approximate surface area is 136 Å². The molecule has 0 unspecified atom stereocenters. The number of aromatic nitrogens is 3. The van der Waals surface area contributed by atoms with Gasteiger partial charge in [0.25, 0.3) is 5.91 Å². The first-order valence-corrected chi connectivity index (χ1v) is 7.61. The molecule has 0 N–H and O–H groups in total. The molecule has 2 aromatic heterocycles. The highest BCUT2D eigenvalue weighted by atomic mass is 19.4. The first kappa shape index (κ1) is 16.7. The number of hydrogen-bond donors (Lipinski definition) is 0. The molecule has 3 rings (SSSR count). The molecule has 0 aromatic carbocycles. The number of ether oxygens (including phenoxy) is 1. The number of amides is 1. The Kier molecular flexibility index (Phi) is 4.20. The summed E-state index contributed by atoms with van der Waals surface area (Å²) in [4.78, 5) is 18.4. The summed E-state index contributed by atoms with van der Waals surface area (Å²) in [5, 5.41) is 3.74. The largest absolute Gasteiger partial charge is 0.433 e. The molecule has 1 saturated heterocycles. The molecule has 2 aromatic rings. The van der Waals surface area contributed by atoms with Crippen LogP contribution in [0.25, 0.3) is 5.65 Å². The quantitative estimate of drug-likeness (QED) is 0.798. The van der Waals surface area contributed by atoms with E-state index in [0.717, 1.165) is 12.3 Å². The zero-order chi connectivity index (χ0) is 17.5. The SMILES string of the molecule is Cc1cc(C(F)(F)F)n2ncc(C(=O)N3CCCO[C@H](C)C3)c2n1. The van der Waals surface area contributed by atoms with Gasteiger partial charge in [-0.05, 0) is 26.3 Å². The van der Waals surface area contributed by atoms with Crippen LogP contribution in [0.2, 0.25) is 0 Å². The summed E-state index contributed by atoms with van der Waals surface area (Å²) in [6, 6.07) is 0.913. The molecular formula is C15H17F3N4O2. The van der Waals surface area contributed by atoms with Gasteiger partial charge in [0.2, 0.25) is 0 Å². The van der Waals surface area contributed by atoms with Gasteiger partial charge < -0.3 is 9.64 Å². The molecular weight excluding hydrogens is 325 g/mol. The Morgan fingerprint density at radius 2 is 2.17 bits per heavy atom. The third-order valence-electron chi connectivity index (χ3n) is 3.86. The highest BCUT2D eigenvalue weighted by molar-refractivity contribution is 5.99. The predicted octanol–water partition coefficient (Wildman–Crippen LogP) is 2.31. The maximum Gasteiger partial charge on any atom is 0.433 e. The van der Waals surface area contributed by atoms with E-state index in [1.54, 1.807) is 4.90 Å². The lowest BCUT2D eigenvalue weighted by molar-refractivity contribution is -0.142. The number of halogens is 3. The minimum atomic E-state index is -4.58. The van der Waals surface area contributed by atoms with E-state index in [1.165, 1.54) is 6.92 Å². The summed E-state index contributed by atoms with van der Waals surface area (Å²) in [5.74, 6) is -0.381. The van der Waals surface area contributed by atoms with Crippen LogP contribution in [0.4, 0.5) is 13.2 Å². The Morgan fingerprint density at radius 1 is 1.42 bits per heavy atom. The topological polar surface area (TPSA) is 59.7 Å². The molecule has 0 bridgehead atoms. The average Bonchev–Trinajstić information content (AvgIpc) is 2.78. The van der Waals surface area contributed by atoms with E-state index in [9.17, 15) is 18.0 Å². The molecule has 0 radical (unpaired) electrons. The number of hydrogen-bond acceptors (Lipinski definition) is 4. The summed E-state index contributed by atoms with van der Waals surface area (Å²) in [7, 11) is 0. The molecule has 1 aliphatic heterocycles. The number of fused-ring (bicyclic) bond motifs is 1. The van der Waals surface area contributed by atoms with Crippen molar-refractivity contribution in [2.45, 2.75) is 32.5 Å². The van der Waals surface area contributed by atoms with E-state index >= 15 is 0 Å². The maximum absolute atomic E-state index is 13.2. The number of nitrogens with zero attached hydrogens (tertiary/aromatic N) is 4. The van der Waals surface area contributed by atoms with Gasteiger partial charge in [-0.2, -0.15) is 18.3 Å². The normalized spacial score (nSPS) is 19.5. The molecule has 3 heterocycles. The van der Waals surface area contributed by atoms with Crippen molar-refractivity contribution in [3.8, 4) is 0 Å². The monoisotopic (exact) mass is 342 g/mol. The lowest BCUT2D eigenvalue weighted by atomic mass is 10.2. The minimum Gasteiger partial charge on any atom is -0.377 e. The van der Waals surface area contributed by atoms with Crippen molar-refractivity contribution in [2.24, 2.45) is 0 Å². The van der Waals surface area contributed by atoms with Crippen molar-refractivity contribution in [3.05, 3.63) is 29.2 Å². The second kappa shape index (κ2) is 6.04. The first-order valence-electron chi connectivity index (χ1n) is 7.61. The van der Waals surface area contributed by atoms with Crippen LogP contribution in [-0.2, 0) is 10.9 Å². The number of carbonyl (C=O) groups excluding carboxylic acids is 1. The maximum atomic E-state index is 13.2. The van der Waals surface area contributed by atoms with Crippen molar-refractivity contribution >= 4 is 11.6 Å². The van der Waals surface area contributed by atoms with Crippen molar-refractivity contribution in [3.63, 3.8) is 0 Å². The van der Waals surface area contributed by atoms with Crippen LogP contribution in [0.15, 0.2) is 12.3 Å². The molecule has 24 heavy (non-hydrogen) atoms. The van der Waals surface area contributed by atoms with Gasteiger partial charge >= 0.3 is 6.18 Å². The van der Waals surface area contributed by atoms with Crippen molar-refractivity contribution in [1.82, 2.24) is 19.5 Å². The van der Waals surface area contributed by atoms with Gasteiger partial charge in [0.05, 0.1) is 12.3 Å². The summed E-state index contributed by atoms with van der Waals surface area (Å²) in [6.07, 6.45) is -2.88. The second-order valence-corrected chi connectivity index (χ2v) is 5.86. The van der Waals surface area contributed by atoms with E-state index in [-0.39, 0.29) is 28.9 Å². The summed E-state index contributed by atoms with van der Waals surface area (Å²) in [6.45, 7) is 4.73. The molecule has 0 spiro atoms. The third kappa shape index (κ3) is 3.08. The Bertz CT molecular complexity index is 772. The van der Waals surface area contributed by atoms with E-state index in [2.05, 4.69) is 10.1 Å². The van der Waals surface area contributed by atoms with Crippen LogP contribution in [0.3, 0.4) is 0 Å². The molecule has 0 saturated carbocycles. The Hall–Kier alpha value is -2.16. The van der Waals surface area contributed by atoms with Gasteiger partial charge in [0, 0.05) is 25.4 Å². The highest BCUT2D eigenvalue weighted by Crippen LogP contribution is 2.30. The second-order valence-electron chi connectivity index (χ2n) is 5.86. The van der Waals surface area contributed by atoms with Crippen molar-refractivity contribution in [1.29, 1.82) is 0 Å². The Morgan fingerprint density at radius 3 is 2.88 bits per heavy atom. The lowest BCUT2D eigenvalue weighted by Crippen LogP contribution is -2.36. The summed E-state index contributed by atoms with van der Waals surface area (Å²) >= 11 is 0. The third-order valence-corrected chi connectivity index (χ3v) is 3.86. The van der Waals surface area contributed by atoms with E-state index in [0.29, 0.717) is 30.6 Å². The molecule has 9 heteroatoms. The summed E-state index contributed by atoms with van der Waals surface area (Å²) in [5.41, 5.74) is -0.781. The smallest absolute Gasteiger partial charge is 0.377 e. The van der Waals surface area contributed by atoms with Gasteiger partial charge in [0.15, 0.2) is 5.65 Å². The van der Waals surface area contributed by atoms with Crippen LogP contribution in [0.5, 0.6) is 0 Å². The average molecular weight is 342 g/mol. The number of alkyl halides is 3. The molecule has 1 aliphatic rings. The number of carbonyl (C=O) groups is 1. The van der Waals surface area contributed by atoms with Crippen LogP contribution >= 0.6 is 0 Å². The van der Waals surface area contributed by atoms with Gasteiger partial charge in [-0.3, -0.25) is 4.79 Å². The van der Waals surface area contributed by atoms with Crippen molar-refractivity contribution < 1.29 is 22.7 Å². The van der Waals surface area contributed by atoms with Crippen molar-refractivity contribution in [2.75, 3.05) is 19.7 Å². The van der Waals surface area contributed by atoms with E-state index < -0.39 is 11.9 Å². The molecule has 0 aliphatic carbocycles. The van der Waals surface area contributed by atoms with Crippen LogP contribution in [0, 0.1) is 6.92 Å². The molecule has 1 fully saturated rings. The van der Waals surface area contributed by atoms with Crippen LogP contribution in [0.1, 0.15) is 35.1 Å². The standard InChI is InChI=1S/C15H17F3N4O2/c1-9-6-12(15(16,17)18)22-13(20-9)11(7-19-22)14(23)21-4-3-5-24-10(2)8-21/h6-7,10H,3-5,8H2,1-2H3/t10-/m1/s1. The fourth-order valence-electron chi connectivity index (χ4n) is 2.79. The van der Waals surface area contributed by atoms with Gasteiger partial charge in [-0.15, -0.1) is 0 Å². The van der Waals surface area contributed by atoms with Gasteiger partial charge in [0.1, 0.15) is 11.3 Å². The van der Waals surface area contributed by atoms with Gasteiger partial charge in [-0.25, -0.2) is 9.50 Å². The molecule has 130 valence electrons. The zero-order valence-electron chi connectivity index (χ0n) is 13.3. The number of aryl methyl sites for hydroxylation is 1. The predicted molar refractivity (Wildman–Crippen MR) is 78.7 cm³/mol. The lowest BCUT2D eigenvalue weighted by Gasteiger charge is -2.21.